The number of hydrogen-bond donors (Lipinski definition) is 0. The minimum absolute atomic E-state index is 0.115. The van der Waals surface area contributed by atoms with Crippen LogP contribution in [0.1, 0.15) is 20.8 Å². The second-order valence-corrected chi connectivity index (χ2v) is 11.2. The summed E-state index contributed by atoms with van der Waals surface area (Å²) in [5.74, 6) is 0. The summed E-state index contributed by atoms with van der Waals surface area (Å²) in [6.45, 7) is 5.96. The predicted molar refractivity (Wildman–Crippen MR) is 103 cm³/mol. The Bertz CT molecular complexity index is 912. The Labute approximate surface area is 150 Å². The number of fused-ring (bicyclic) bond motifs is 1. The minimum Gasteiger partial charge on any atom is -0.223 e. The second kappa shape index (κ2) is 6.38. The summed E-state index contributed by atoms with van der Waals surface area (Å²) in [7, 11) is -3.75. The van der Waals surface area contributed by atoms with Crippen molar-refractivity contribution in [1.29, 1.82) is 0 Å². The number of anilines is 1. The number of sulfonamides is 1. The molecule has 126 valence electrons. The van der Waals surface area contributed by atoms with Crippen LogP contribution in [0.5, 0.6) is 0 Å². The van der Waals surface area contributed by atoms with Gasteiger partial charge in [0.15, 0.2) is 0 Å². The molecule has 0 atom stereocenters. The first-order valence-electron chi connectivity index (χ1n) is 7.42. The Hall–Kier alpha value is -1.57. The quantitative estimate of drug-likeness (QED) is 0.604. The summed E-state index contributed by atoms with van der Waals surface area (Å²) >= 11 is 2.48. The van der Waals surface area contributed by atoms with Crippen molar-refractivity contribution < 1.29 is 8.42 Å². The molecular weight excluding hydrogens is 360 g/mol. The van der Waals surface area contributed by atoms with Crippen LogP contribution >= 0.6 is 23.3 Å². The number of rotatable bonds is 4. The molecule has 4 nitrogen and oxygen atoms in total. The highest BCUT2D eigenvalue weighted by molar-refractivity contribution is 8.15. The molecule has 3 aromatic rings. The summed E-state index contributed by atoms with van der Waals surface area (Å²) in [5, 5.41) is 0. The molecule has 0 bridgehead atoms. The monoisotopic (exact) mass is 378 g/mol. The maximum Gasteiger partial charge on any atom is 0.301 e. The van der Waals surface area contributed by atoms with E-state index in [9.17, 15) is 8.42 Å². The van der Waals surface area contributed by atoms with E-state index in [1.807, 2.05) is 63.2 Å². The van der Waals surface area contributed by atoms with Crippen molar-refractivity contribution in [2.24, 2.45) is 0 Å². The van der Waals surface area contributed by atoms with Gasteiger partial charge in [-0.3, -0.25) is 0 Å². The Balaban J connectivity index is 2.11. The van der Waals surface area contributed by atoms with Gasteiger partial charge < -0.3 is 0 Å². The van der Waals surface area contributed by atoms with Gasteiger partial charge in [0.25, 0.3) is 0 Å². The maximum absolute atomic E-state index is 13.2. The fraction of sp³-hybridized carbons (Fsp3) is 0.235. The Morgan fingerprint density at radius 1 is 1.00 bits per heavy atom. The molecule has 3 rings (SSSR count). The lowest BCUT2D eigenvalue weighted by Gasteiger charge is -2.28. The Morgan fingerprint density at radius 3 is 2.25 bits per heavy atom. The molecular formula is C17H18N2O2S3. The summed E-state index contributed by atoms with van der Waals surface area (Å²) in [6.07, 6.45) is 0. The zero-order valence-corrected chi connectivity index (χ0v) is 16.1. The van der Waals surface area contributed by atoms with Gasteiger partial charge in [0, 0.05) is 4.75 Å². The Morgan fingerprint density at radius 2 is 1.62 bits per heavy atom. The summed E-state index contributed by atoms with van der Waals surface area (Å²) in [5.41, 5.74) is 1.33. The van der Waals surface area contributed by atoms with Crippen LogP contribution in [-0.2, 0) is 10.0 Å². The summed E-state index contributed by atoms with van der Waals surface area (Å²) in [4.78, 5) is 4.34. The zero-order chi connectivity index (χ0) is 17.4. The van der Waals surface area contributed by atoms with Gasteiger partial charge in [-0.05, 0) is 57.0 Å². The lowest BCUT2D eigenvalue weighted by atomic mass is 10.3. The molecule has 0 fully saturated rings. The van der Waals surface area contributed by atoms with E-state index in [4.69, 9.17) is 0 Å². The minimum atomic E-state index is -3.75. The fourth-order valence-electron chi connectivity index (χ4n) is 2.07. The lowest BCUT2D eigenvalue weighted by Crippen LogP contribution is -2.29. The number of hydrogen-bond acceptors (Lipinski definition) is 5. The third-order valence-electron chi connectivity index (χ3n) is 3.04. The molecule has 0 saturated heterocycles. The van der Waals surface area contributed by atoms with Crippen molar-refractivity contribution in [2.75, 3.05) is 3.71 Å². The third-order valence-corrected chi connectivity index (χ3v) is 7.67. The molecule has 1 heterocycles. The van der Waals surface area contributed by atoms with Crippen LogP contribution in [0.15, 0.2) is 58.9 Å². The standard InChI is InChI=1S/C17H18N2O2S3/c1-17(2,3)23-19(13-9-5-4-6-10-13)24(20,21)16-18-14-11-7-8-12-15(14)22-16/h4-12H,1-3H3. The van der Waals surface area contributed by atoms with Crippen LogP contribution in [0, 0.1) is 0 Å². The van der Waals surface area contributed by atoms with Crippen molar-refractivity contribution in [1.82, 2.24) is 4.98 Å². The average Bonchev–Trinajstić information content (AvgIpc) is 2.97. The van der Waals surface area contributed by atoms with E-state index in [1.54, 1.807) is 12.1 Å². The molecule has 0 unspecified atom stereocenters. The van der Waals surface area contributed by atoms with Gasteiger partial charge in [-0.2, -0.15) is 8.42 Å². The fourth-order valence-corrected chi connectivity index (χ4v) is 6.58. The molecule has 2 aromatic carbocycles. The number of nitrogens with zero attached hydrogens (tertiary/aromatic N) is 2. The van der Waals surface area contributed by atoms with E-state index in [0.29, 0.717) is 11.2 Å². The largest absolute Gasteiger partial charge is 0.301 e. The summed E-state index contributed by atoms with van der Waals surface area (Å²) < 4.78 is 28.6. The highest BCUT2D eigenvalue weighted by atomic mass is 32.3. The molecule has 7 heteroatoms. The molecule has 24 heavy (non-hydrogen) atoms. The lowest BCUT2D eigenvalue weighted by molar-refractivity contribution is 0.597. The first-order valence-corrected chi connectivity index (χ1v) is 10.5. The molecule has 0 aliphatic heterocycles. The van der Waals surface area contributed by atoms with Crippen LogP contribution in [0.25, 0.3) is 10.2 Å². The van der Waals surface area contributed by atoms with E-state index in [-0.39, 0.29) is 9.09 Å². The van der Waals surface area contributed by atoms with Crippen molar-refractivity contribution in [3.05, 3.63) is 54.6 Å². The number of para-hydroxylation sites is 2. The molecule has 0 saturated carbocycles. The smallest absolute Gasteiger partial charge is 0.223 e. The van der Waals surface area contributed by atoms with E-state index < -0.39 is 10.0 Å². The van der Waals surface area contributed by atoms with Crippen molar-refractivity contribution in [3.8, 4) is 0 Å². The topological polar surface area (TPSA) is 50.3 Å². The van der Waals surface area contributed by atoms with Gasteiger partial charge in [0.05, 0.1) is 15.9 Å². The van der Waals surface area contributed by atoms with Crippen LogP contribution in [-0.4, -0.2) is 18.1 Å². The van der Waals surface area contributed by atoms with Gasteiger partial charge in [-0.25, -0.2) is 8.69 Å². The number of thiazole rings is 1. The van der Waals surface area contributed by atoms with E-state index in [2.05, 4.69) is 4.98 Å². The molecule has 0 spiro atoms. The average molecular weight is 379 g/mol. The van der Waals surface area contributed by atoms with E-state index >= 15 is 0 Å². The Kier molecular flexibility index (Phi) is 4.59. The van der Waals surface area contributed by atoms with Crippen molar-refractivity contribution >= 4 is 49.2 Å². The first kappa shape index (κ1) is 17.3. The maximum atomic E-state index is 13.2. The highest BCUT2D eigenvalue weighted by Gasteiger charge is 2.32. The van der Waals surface area contributed by atoms with Crippen LogP contribution in [0.3, 0.4) is 0 Å². The third kappa shape index (κ3) is 3.58. The van der Waals surface area contributed by atoms with Gasteiger partial charge in [0.1, 0.15) is 0 Å². The van der Waals surface area contributed by atoms with Gasteiger partial charge in [-0.1, -0.05) is 30.3 Å². The van der Waals surface area contributed by atoms with Crippen molar-refractivity contribution in [3.63, 3.8) is 0 Å². The van der Waals surface area contributed by atoms with Crippen LogP contribution in [0.2, 0.25) is 0 Å². The van der Waals surface area contributed by atoms with E-state index in [1.165, 1.54) is 27.0 Å². The molecule has 0 amide bonds. The number of benzene rings is 2. The molecule has 0 aliphatic carbocycles. The molecule has 0 N–H and O–H groups in total. The van der Waals surface area contributed by atoms with Gasteiger partial charge >= 0.3 is 10.0 Å². The highest BCUT2D eigenvalue weighted by Crippen LogP contribution is 2.38. The first-order chi connectivity index (χ1) is 11.3. The SMILES string of the molecule is CC(C)(C)SN(c1ccccc1)S(=O)(=O)c1nc2ccccc2s1. The molecule has 1 aromatic heterocycles. The normalized spacial score (nSPS) is 12.5. The summed E-state index contributed by atoms with van der Waals surface area (Å²) in [6, 6.07) is 16.6. The van der Waals surface area contributed by atoms with Gasteiger partial charge in [-0.15, -0.1) is 11.3 Å². The molecule has 0 radical (unpaired) electrons. The predicted octanol–water partition coefficient (Wildman–Crippen LogP) is 4.94. The second-order valence-electron chi connectivity index (χ2n) is 6.22. The van der Waals surface area contributed by atoms with Crippen LogP contribution in [0.4, 0.5) is 5.69 Å². The zero-order valence-electron chi connectivity index (χ0n) is 13.6. The van der Waals surface area contributed by atoms with E-state index in [0.717, 1.165) is 4.70 Å². The van der Waals surface area contributed by atoms with Crippen molar-refractivity contribution in [2.45, 2.75) is 29.9 Å². The molecule has 0 aliphatic rings. The number of aromatic nitrogens is 1. The van der Waals surface area contributed by atoms with Gasteiger partial charge in [0.2, 0.25) is 4.34 Å². The van der Waals surface area contributed by atoms with Crippen LogP contribution < -0.4 is 3.71 Å².